The molecule has 9 unspecified atom stereocenters. The van der Waals surface area contributed by atoms with Crippen LogP contribution < -0.4 is 0 Å². The fraction of sp³-hybridized carbons (Fsp3) is 0.926. The highest BCUT2D eigenvalue weighted by molar-refractivity contribution is 5.69. The van der Waals surface area contributed by atoms with Gasteiger partial charge in [0.1, 0.15) is 6.10 Å². The molecule has 0 saturated heterocycles. The van der Waals surface area contributed by atoms with Crippen molar-refractivity contribution in [1.82, 2.24) is 0 Å². The maximum Gasteiger partial charge on any atom is 0.305 e. The number of fused-ring (bicyclic) bond motifs is 5. The average molecular weight is 449 g/mol. The lowest BCUT2D eigenvalue weighted by Crippen LogP contribution is -2.59. The molecule has 4 rings (SSSR count). The van der Waals surface area contributed by atoms with E-state index in [2.05, 4.69) is 20.8 Å². The zero-order chi connectivity index (χ0) is 23.3. The van der Waals surface area contributed by atoms with E-state index in [4.69, 9.17) is 9.47 Å². The van der Waals surface area contributed by atoms with E-state index in [1.807, 2.05) is 0 Å². The van der Waals surface area contributed by atoms with Crippen molar-refractivity contribution in [1.29, 1.82) is 0 Å². The first-order valence-electron chi connectivity index (χ1n) is 13.0. The van der Waals surface area contributed by atoms with Gasteiger partial charge in [-0.3, -0.25) is 9.59 Å². The molecule has 0 aromatic heterocycles. The second kappa shape index (κ2) is 8.92. The maximum absolute atomic E-state index is 12.1. The molecule has 0 aliphatic heterocycles. The Bertz CT molecular complexity index is 721. The van der Waals surface area contributed by atoms with E-state index >= 15 is 0 Å². The lowest BCUT2D eigenvalue weighted by molar-refractivity contribution is -0.194. The summed E-state index contributed by atoms with van der Waals surface area (Å²) in [6.45, 7) is 8.83. The van der Waals surface area contributed by atoms with Crippen LogP contribution in [0.15, 0.2) is 0 Å². The number of ether oxygens (including phenoxy) is 2. The van der Waals surface area contributed by atoms with Gasteiger partial charge < -0.3 is 14.6 Å². The van der Waals surface area contributed by atoms with Gasteiger partial charge in [-0.2, -0.15) is 0 Å². The SMILES string of the molecule is COC(=O)CC[C@@H](C)C1CCC2C3C(OC(C)=O)CC4CC(O)CCC4(C)C3CCC21C. The molecule has 10 atom stereocenters. The summed E-state index contributed by atoms with van der Waals surface area (Å²) < 4.78 is 10.9. The van der Waals surface area contributed by atoms with E-state index in [-0.39, 0.29) is 35.0 Å². The van der Waals surface area contributed by atoms with Crippen LogP contribution in [0.4, 0.5) is 0 Å². The molecule has 0 radical (unpaired) electrons. The molecule has 4 saturated carbocycles. The van der Waals surface area contributed by atoms with Crippen molar-refractivity contribution in [3.8, 4) is 0 Å². The van der Waals surface area contributed by atoms with Crippen LogP contribution in [0, 0.1) is 46.3 Å². The summed E-state index contributed by atoms with van der Waals surface area (Å²) in [5, 5.41) is 10.4. The number of hydrogen-bond donors (Lipinski definition) is 1. The summed E-state index contributed by atoms with van der Waals surface area (Å²) in [5.74, 6) is 2.83. The largest absolute Gasteiger partial charge is 0.469 e. The predicted molar refractivity (Wildman–Crippen MR) is 123 cm³/mol. The maximum atomic E-state index is 12.1. The summed E-state index contributed by atoms with van der Waals surface area (Å²) in [6, 6.07) is 0. The lowest BCUT2D eigenvalue weighted by atomic mass is 9.43. The van der Waals surface area contributed by atoms with Crippen LogP contribution in [-0.2, 0) is 19.1 Å². The molecule has 182 valence electrons. The minimum atomic E-state index is -0.206. The molecule has 0 spiro atoms. The van der Waals surface area contributed by atoms with E-state index in [0.29, 0.717) is 41.9 Å². The third-order valence-electron chi connectivity index (χ3n) is 10.7. The van der Waals surface area contributed by atoms with Crippen LogP contribution >= 0.6 is 0 Å². The molecule has 0 amide bonds. The molecule has 1 N–H and O–H groups in total. The Kier molecular flexibility index (Phi) is 6.70. The Morgan fingerprint density at radius 1 is 1.03 bits per heavy atom. The average Bonchev–Trinajstić information content (AvgIpc) is 3.09. The van der Waals surface area contributed by atoms with Crippen molar-refractivity contribution >= 4 is 11.9 Å². The number of methoxy groups -OCH3 is 1. The summed E-state index contributed by atoms with van der Waals surface area (Å²) in [5.41, 5.74) is 0.489. The van der Waals surface area contributed by atoms with Gasteiger partial charge in [0.2, 0.25) is 0 Å². The van der Waals surface area contributed by atoms with Crippen molar-refractivity contribution in [2.45, 2.75) is 104 Å². The number of hydrogen-bond acceptors (Lipinski definition) is 5. The van der Waals surface area contributed by atoms with Gasteiger partial charge in [-0.05, 0) is 98.2 Å². The second-order valence-corrected chi connectivity index (χ2v) is 12.1. The van der Waals surface area contributed by atoms with Gasteiger partial charge in [-0.1, -0.05) is 20.8 Å². The Hall–Kier alpha value is -1.10. The standard InChI is InChI=1S/C27H44O5/c1-16(6-9-24(30)31-5)20-7-8-21-25-22(11-13-27(20,21)4)26(3)12-10-19(29)14-18(26)15-23(25)32-17(2)28/h16,18-23,25,29H,6-15H2,1-5H3/t16-,18?,19?,20?,21?,22?,23?,25?,26?,27?/m1/s1. The topological polar surface area (TPSA) is 72.8 Å². The Morgan fingerprint density at radius 2 is 1.72 bits per heavy atom. The number of esters is 2. The number of aliphatic hydroxyl groups is 1. The molecule has 32 heavy (non-hydrogen) atoms. The molecule has 0 heterocycles. The lowest BCUT2D eigenvalue weighted by Gasteiger charge is -2.62. The molecule has 5 nitrogen and oxygen atoms in total. The molecular formula is C27H44O5. The van der Waals surface area contributed by atoms with Gasteiger partial charge in [-0.15, -0.1) is 0 Å². The van der Waals surface area contributed by atoms with Crippen molar-refractivity contribution in [3.63, 3.8) is 0 Å². The summed E-state index contributed by atoms with van der Waals surface area (Å²) in [6.07, 6.45) is 9.75. The van der Waals surface area contributed by atoms with Crippen LogP contribution in [0.5, 0.6) is 0 Å². The zero-order valence-corrected chi connectivity index (χ0v) is 20.8. The van der Waals surface area contributed by atoms with Gasteiger partial charge in [0.25, 0.3) is 0 Å². The van der Waals surface area contributed by atoms with E-state index in [1.54, 1.807) is 6.92 Å². The zero-order valence-electron chi connectivity index (χ0n) is 20.8. The monoisotopic (exact) mass is 448 g/mol. The van der Waals surface area contributed by atoms with Crippen molar-refractivity contribution in [3.05, 3.63) is 0 Å². The van der Waals surface area contributed by atoms with Crippen molar-refractivity contribution in [2.75, 3.05) is 7.11 Å². The van der Waals surface area contributed by atoms with Crippen molar-refractivity contribution < 1.29 is 24.2 Å². The van der Waals surface area contributed by atoms with Gasteiger partial charge >= 0.3 is 11.9 Å². The third kappa shape index (κ3) is 4.01. The highest BCUT2D eigenvalue weighted by Gasteiger charge is 2.63. The highest BCUT2D eigenvalue weighted by atomic mass is 16.5. The first kappa shape index (κ1) is 24.0. The summed E-state index contributed by atoms with van der Waals surface area (Å²) in [4.78, 5) is 23.8. The Morgan fingerprint density at radius 3 is 2.41 bits per heavy atom. The van der Waals surface area contributed by atoms with Crippen LogP contribution in [0.1, 0.15) is 91.9 Å². The number of aliphatic hydroxyl groups excluding tert-OH is 1. The van der Waals surface area contributed by atoms with Gasteiger partial charge in [0.15, 0.2) is 0 Å². The Labute approximate surface area is 194 Å². The fourth-order valence-electron chi connectivity index (χ4n) is 9.13. The molecule has 0 aromatic rings. The number of carbonyl (C=O) groups is 2. The van der Waals surface area contributed by atoms with E-state index in [0.717, 1.165) is 32.1 Å². The number of carbonyl (C=O) groups excluding carboxylic acids is 2. The van der Waals surface area contributed by atoms with Crippen LogP contribution in [0.3, 0.4) is 0 Å². The minimum absolute atomic E-state index is 0.0189. The molecule has 0 bridgehead atoms. The molecule has 4 fully saturated rings. The van der Waals surface area contributed by atoms with Gasteiger partial charge in [-0.25, -0.2) is 0 Å². The second-order valence-electron chi connectivity index (χ2n) is 12.1. The fourth-order valence-corrected chi connectivity index (χ4v) is 9.13. The number of rotatable bonds is 5. The Balaban J connectivity index is 1.59. The first-order valence-corrected chi connectivity index (χ1v) is 13.0. The van der Waals surface area contributed by atoms with Gasteiger partial charge in [0.05, 0.1) is 13.2 Å². The molecule has 4 aliphatic rings. The predicted octanol–water partition coefficient (Wildman–Crippen LogP) is 5.14. The summed E-state index contributed by atoms with van der Waals surface area (Å²) >= 11 is 0. The third-order valence-corrected chi connectivity index (χ3v) is 10.7. The molecule has 0 aromatic carbocycles. The van der Waals surface area contributed by atoms with E-state index in [9.17, 15) is 14.7 Å². The van der Waals surface area contributed by atoms with Gasteiger partial charge in [0, 0.05) is 19.3 Å². The van der Waals surface area contributed by atoms with Crippen molar-refractivity contribution in [2.24, 2.45) is 46.3 Å². The van der Waals surface area contributed by atoms with Crippen LogP contribution in [-0.4, -0.2) is 36.4 Å². The summed E-state index contributed by atoms with van der Waals surface area (Å²) in [7, 11) is 1.47. The smallest absolute Gasteiger partial charge is 0.305 e. The van der Waals surface area contributed by atoms with Crippen LogP contribution in [0.25, 0.3) is 0 Å². The van der Waals surface area contributed by atoms with Crippen LogP contribution in [0.2, 0.25) is 0 Å². The highest BCUT2D eigenvalue weighted by Crippen LogP contribution is 2.68. The molecular weight excluding hydrogens is 404 g/mol. The van der Waals surface area contributed by atoms with E-state index in [1.165, 1.54) is 32.8 Å². The quantitative estimate of drug-likeness (QED) is 0.590. The minimum Gasteiger partial charge on any atom is -0.469 e. The normalized spacial score (nSPS) is 46.4. The van der Waals surface area contributed by atoms with E-state index < -0.39 is 0 Å². The molecule has 5 heteroatoms. The molecule has 4 aliphatic carbocycles. The first-order chi connectivity index (χ1) is 15.1.